The van der Waals surface area contributed by atoms with Crippen molar-refractivity contribution < 1.29 is 14.8 Å². The van der Waals surface area contributed by atoms with E-state index in [0.717, 1.165) is 25.7 Å². The molecule has 1 unspecified atom stereocenters. The van der Waals surface area contributed by atoms with Crippen LogP contribution in [0.1, 0.15) is 81.1 Å². The summed E-state index contributed by atoms with van der Waals surface area (Å²) in [6, 6.07) is 0. The highest BCUT2D eigenvalue weighted by molar-refractivity contribution is 4.97. The molecule has 5 nitrogen and oxygen atoms in total. The molecule has 0 spiro atoms. The van der Waals surface area contributed by atoms with E-state index >= 15 is 0 Å². The molecule has 0 aromatic rings. The van der Waals surface area contributed by atoms with E-state index < -0.39 is 0 Å². The maximum Gasteiger partial charge on any atom is 0.0615 e. The van der Waals surface area contributed by atoms with E-state index in [1.807, 2.05) is 12.1 Å². The molecule has 0 bridgehead atoms. The van der Waals surface area contributed by atoms with Crippen molar-refractivity contribution in [2.24, 2.45) is 5.92 Å². The Morgan fingerprint density at radius 1 is 1.16 bits per heavy atom. The quantitative estimate of drug-likeness (QED) is 0.648. The highest BCUT2D eigenvalue weighted by atomic mass is 16.7. The van der Waals surface area contributed by atoms with Gasteiger partial charge in [0, 0.05) is 23.7 Å². The predicted molar refractivity (Wildman–Crippen MR) is 103 cm³/mol. The van der Waals surface area contributed by atoms with Gasteiger partial charge in [-0.2, -0.15) is 10.1 Å². The number of hydrogen-bond acceptors (Lipinski definition) is 5. The van der Waals surface area contributed by atoms with Gasteiger partial charge in [-0.15, -0.1) is 0 Å². The van der Waals surface area contributed by atoms with Gasteiger partial charge in [-0.3, -0.25) is 0 Å². The van der Waals surface area contributed by atoms with Crippen LogP contribution in [0.4, 0.5) is 0 Å². The summed E-state index contributed by atoms with van der Waals surface area (Å²) in [6.07, 6.45) is 3.94. The number of piperidine rings is 1. The van der Waals surface area contributed by atoms with Gasteiger partial charge in [0.25, 0.3) is 0 Å². The zero-order valence-corrected chi connectivity index (χ0v) is 18.2. The van der Waals surface area contributed by atoms with E-state index in [9.17, 15) is 5.21 Å². The maximum absolute atomic E-state index is 10.5. The molecule has 5 heteroatoms. The average Bonchev–Trinajstić information content (AvgIpc) is 2.41. The topological polar surface area (TPSA) is 45.2 Å². The summed E-state index contributed by atoms with van der Waals surface area (Å²) in [4.78, 5) is 5.43. The summed E-state index contributed by atoms with van der Waals surface area (Å²) in [7, 11) is 3.69. The Bertz CT molecular complexity index is 403. The first kappa shape index (κ1) is 22.8. The second-order valence-electron chi connectivity index (χ2n) is 10.1. The van der Waals surface area contributed by atoms with Crippen LogP contribution in [-0.2, 0) is 9.57 Å². The van der Waals surface area contributed by atoms with Gasteiger partial charge in [-0.05, 0) is 73.1 Å². The van der Waals surface area contributed by atoms with Crippen LogP contribution in [0.5, 0.6) is 0 Å². The number of nitrogens with zero attached hydrogens (tertiary/aromatic N) is 2. The Labute approximate surface area is 155 Å². The molecule has 1 aliphatic rings. The number of ether oxygens (including phenoxy) is 1. The lowest BCUT2D eigenvalue weighted by atomic mass is 9.80. The second kappa shape index (κ2) is 8.22. The fraction of sp³-hybridized carbons (Fsp3) is 1.00. The minimum atomic E-state index is -0.284. The summed E-state index contributed by atoms with van der Waals surface area (Å²) in [5, 5.41) is 13.9. The Morgan fingerprint density at radius 2 is 1.64 bits per heavy atom. The van der Waals surface area contributed by atoms with Crippen molar-refractivity contribution in [1.29, 1.82) is 0 Å². The molecule has 25 heavy (non-hydrogen) atoms. The van der Waals surface area contributed by atoms with Gasteiger partial charge in [0.05, 0.1) is 19.3 Å². The predicted octanol–water partition coefficient (Wildman–Crippen LogP) is 4.49. The Hall–Kier alpha value is -0.200. The van der Waals surface area contributed by atoms with Crippen molar-refractivity contribution in [3.8, 4) is 0 Å². The maximum atomic E-state index is 10.5. The lowest BCUT2D eigenvalue weighted by Crippen LogP contribution is -2.61. The van der Waals surface area contributed by atoms with Gasteiger partial charge in [0.1, 0.15) is 0 Å². The molecular formula is C20H42N2O3. The Kier molecular flexibility index (Phi) is 7.51. The van der Waals surface area contributed by atoms with Crippen LogP contribution in [0.25, 0.3) is 0 Å². The molecule has 0 aromatic heterocycles. The molecule has 0 radical (unpaired) electrons. The van der Waals surface area contributed by atoms with E-state index in [1.165, 1.54) is 5.06 Å². The number of rotatable bonds is 8. The van der Waals surface area contributed by atoms with Crippen LogP contribution >= 0.6 is 0 Å². The van der Waals surface area contributed by atoms with Crippen molar-refractivity contribution in [3.63, 3.8) is 0 Å². The third-order valence-electron chi connectivity index (χ3n) is 5.57. The zero-order valence-electron chi connectivity index (χ0n) is 18.2. The molecule has 150 valence electrons. The molecule has 1 saturated heterocycles. The largest absolute Gasteiger partial charge is 0.375 e. The van der Waals surface area contributed by atoms with Crippen LogP contribution in [0.15, 0.2) is 0 Å². The van der Waals surface area contributed by atoms with Crippen molar-refractivity contribution in [2.75, 3.05) is 14.2 Å². The Balaban J connectivity index is 2.88. The molecule has 0 aromatic carbocycles. The number of hydrogen-bond donors (Lipinski definition) is 1. The number of hydroxylamine groups is 4. The van der Waals surface area contributed by atoms with Gasteiger partial charge in [-0.25, -0.2) is 0 Å². The second-order valence-corrected chi connectivity index (χ2v) is 10.1. The fourth-order valence-corrected chi connectivity index (χ4v) is 4.19. The average molecular weight is 359 g/mol. The lowest BCUT2D eigenvalue weighted by Gasteiger charge is -2.52. The smallest absolute Gasteiger partial charge is 0.0615 e. The normalized spacial score (nSPS) is 23.4. The van der Waals surface area contributed by atoms with Crippen molar-refractivity contribution in [1.82, 2.24) is 10.1 Å². The summed E-state index contributed by atoms with van der Waals surface area (Å²) in [5.74, 6) is 0.576. The fourth-order valence-electron chi connectivity index (χ4n) is 4.19. The minimum absolute atomic E-state index is 0.100. The molecule has 1 rings (SSSR count). The SMILES string of the molecule is CON(C)C(C)(C)CC(CC(C)C)OC1CC(C)(C)N(O)C(C)(C)C1. The van der Waals surface area contributed by atoms with Crippen LogP contribution in [0.3, 0.4) is 0 Å². The van der Waals surface area contributed by atoms with E-state index in [1.54, 1.807) is 7.11 Å². The highest BCUT2D eigenvalue weighted by Crippen LogP contribution is 2.39. The summed E-state index contributed by atoms with van der Waals surface area (Å²) in [6.45, 7) is 17.2. The van der Waals surface area contributed by atoms with Gasteiger partial charge in [-0.1, -0.05) is 13.8 Å². The summed E-state index contributed by atoms with van der Waals surface area (Å²) >= 11 is 0. The van der Waals surface area contributed by atoms with Gasteiger partial charge < -0.3 is 14.8 Å². The van der Waals surface area contributed by atoms with Crippen LogP contribution < -0.4 is 0 Å². The van der Waals surface area contributed by atoms with Gasteiger partial charge >= 0.3 is 0 Å². The first-order valence-corrected chi connectivity index (χ1v) is 9.64. The molecular weight excluding hydrogens is 316 g/mol. The Morgan fingerprint density at radius 3 is 2.04 bits per heavy atom. The summed E-state index contributed by atoms with van der Waals surface area (Å²) < 4.78 is 6.63. The first-order valence-electron chi connectivity index (χ1n) is 9.64. The molecule has 1 atom stereocenters. The van der Waals surface area contributed by atoms with Crippen LogP contribution in [-0.4, -0.2) is 58.3 Å². The van der Waals surface area contributed by atoms with Crippen LogP contribution in [0, 0.1) is 5.92 Å². The van der Waals surface area contributed by atoms with Gasteiger partial charge in [0.2, 0.25) is 0 Å². The minimum Gasteiger partial charge on any atom is -0.375 e. The van der Waals surface area contributed by atoms with Crippen molar-refractivity contribution in [3.05, 3.63) is 0 Å². The molecule has 0 amide bonds. The summed E-state index contributed by atoms with van der Waals surface area (Å²) in [5.41, 5.74) is -0.668. The molecule has 0 aliphatic carbocycles. The van der Waals surface area contributed by atoms with Crippen LogP contribution in [0.2, 0.25) is 0 Å². The van der Waals surface area contributed by atoms with E-state index in [4.69, 9.17) is 9.57 Å². The van der Waals surface area contributed by atoms with Gasteiger partial charge in [0.15, 0.2) is 0 Å². The van der Waals surface area contributed by atoms with E-state index in [2.05, 4.69) is 55.4 Å². The standard InChI is InChI=1S/C20H42N2O3/c1-15(2)11-16(12-18(3,4)21(9)24-10)25-17-13-19(5,6)22(23)20(7,8)14-17/h15-17,23H,11-14H2,1-10H3. The third-order valence-corrected chi connectivity index (χ3v) is 5.57. The lowest BCUT2D eigenvalue weighted by molar-refractivity contribution is -0.266. The van der Waals surface area contributed by atoms with E-state index in [0.29, 0.717) is 5.92 Å². The zero-order chi connectivity index (χ0) is 19.6. The highest BCUT2D eigenvalue weighted by Gasteiger charge is 2.46. The molecule has 1 aliphatic heterocycles. The monoisotopic (exact) mass is 358 g/mol. The third kappa shape index (κ3) is 6.17. The van der Waals surface area contributed by atoms with Crippen molar-refractivity contribution >= 4 is 0 Å². The van der Waals surface area contributed by atoms with E-state index in [-0.39, 0.29) is 28.8 Å². The molecule has 1 fully saturated rings. The van der Waals surface area contributed by atoms with Crippen molar-refractivity contribution in [2.45, 2.75) is 110 Å². The first-order chi connectivity index (χ1) is 11.2. The molecule has 0 saturated carbocycles. The molecule has 1 heterocycles. The molecule has 1 N–H and O–H groups in total.